The molecule has 1 saturated heterocycles. The number of amides is 1. The summed E-state index contributed by atoms with van der Waals surface area (Å²) in [5.41, 5.74) is 0.890. The van der Waals surface area contributed by atoms with E-state index in [1.54, 1.807) is 12.0 Å². The Kier molecular flexibility index (Phi) is 4.66. The second kappa shape index (κ2) is 6.68. The number of carbonyl (C=O) groups excluding carboxylic acids is 1. The summed E-state index contributed by atoms with van der Waals surface area (Å²) < 4.78 is 16.2. The second-order valence-corrected chi connectivity index (χ2v) is 6.47. The highest BCUT2D eigenvalue weighted by Gasteiger charge is 2.31. The van der Waals surface area contributed by atoms with E-state index >= 15 is 0 Å². The summed E-state index contributed by atoms with van der Waals surface area (Å²) in [6.45, 7) is 1.43. The Hall–Kier alpha value is -1.57. The van der Waals surface area contributed by atoms with Gasteiger partial charge in [-0.25, -0.2) is 0 Å². The topological polar surface area (TPSA) is 48.0 Å². The minimum absolute atomic E-state index is 0.0521. The SMILES string of the molecule is COCCCN1C(=O)/C(=C/c2ccc3c(c2)OCO3)SC1=S. The number of thioether (sulfide) groups is 1. The molecule has 1 aromatic carbocycles. The van der Waals surface area contributed by atoms with Crippen molar-refractivity contribution in [3.05, 3.63) is 28.7 Å². The van der Waals surface area contributed by atoms with Gasteiger partial charge in [-0.15, -0.1) is 0 Å². The van der Waals surface area contributed by atoms with Gasteiger partial charge in [-0.05, 0) is 30.2 Å². The number of rotatable bonds is 5. The van der Waals surface area contributed by atoms with Crippen molar-refractivity contribution < 1.29 is 19.0 Å². The molecule has 0 N–H and O–H groups in total. The number of nitrogens with zero attached hydrogens (tertiary/aromatic N) is 1. The van der Waals surface area contributed by atoms with E-state index in [0.717, 1.165) is 17.7 Å². The van der Waals surface area contributed by atoms with Crippen molar-refractivity contribution in [2.75, 3.05) is 27.1 Å². The average molecular weight is 337 g/mol. The highest BCUT2D eigenvalue weighted by atomic mass is 32.2. The summed E-state index contributed by atoms with van der Waals surface area (Å²) in [7, 11) is 1.64. The van der Waals surface area contributed by atoms with E-state index < -0.39 is 0 Å². The zero-order valence-corrected chi connectivity index (χ0v) is 13.7. The number of hydrogen-bond acceptors (Lipinski definition) is 6. The number of carbonyl (C=O) groups is 1. The van der Waals surface area contributed by atoms with Crippen LogP contribution in [0.1, 0.15) is 12.0 Å². The van der Waals surface area contributed by atoms with E-state index in [-0.39, 0.29) is 12.7 Å². The summed E-state index contributed by atoms with van der Waals surface area (Å²) in [5.74, 6) is 1.37. The van der Waals surface area contributed by atoms with Gasteiger partial charge in [0.2, 0.25) is 6.79 Å². The van der Waals surface area contributed by atoms with Crippen LogP contribution in [0.4, 0.5) is 0 Å². The van der Waals surface area contributed by atoms with Gasteiger partial charge in [0.25, 0.3) is 5.91 Å². The van der Waals surface area contributed by atoms with Crippen molar-refractivity contribution >= 4 is 40.3 Å². The van der Waals surface area contributed by atoms with Crippen molar-refractivity contribution in [3.8, 4) is 11.5 Å². The smallest absolute Gasteiger partial charge is 0.266 e. The van der Waals surface area contributed by atoms with Crippen molar-refractivity contribution in [1.29, 1.82) is 0 Å². The van der Waals surface area contributed by atoms with Crippen LogP contribution in [0.5, 0.6) is 11.5 Å². The third-order valence-corrected chi connectivity index (χ3v) is 4.68. The van der Waals surface area contributed by atoms with Gasteiger partial charge in [-0.2, -0.15) is 0 Å². The third-order valence-electron chi connectivity index (χ3n) is 3.30. The lowest BCUT2D eigenvalue weighted by atomic mass is 10.2. The maximum absolute atomic E-state index is 12.4. The third kappa shape index (κ3) is 3.11. The highest BCUT2D eigenvalue weighted by molar-refractivity contribution is 8.26. The van der Waals surface area contributed by atoms with Crippen molar-refractivity contribution in [2.24, 2.45) is 0 Å². The Morgan fingerprint density at radius 1 is 1.41 bits per heavy atom. The molecule has 0 atom stereocenters. The summed E-state index contributed by atoms with van der Waals surface area (Å²) in [6, 6.07) is 5.60. The summed E-state index contributed by atoms with van der Waals surface area (Å²) in [4.78, 5) is 14.6. The molecule has 1 amide bonds. The number of fused-ring (bicyclic) bond motifs is 1. The highest BCUT2D eigenvalue weighted by Crippen LogP contribution is 2.36. The molecule has 2 heterocycles. The molecule has 22 heavy (non-hydrogen) atoms. The maximum Gasteiger partial charge on any atom is 0.266 e. The van der Waals surface area contributed by atoms with Gasteiger partial charge in [-0.3, -0.25) is 9.69 Å². The Morgan fingerprint density at radius 2 is 2.23 bits per heavy atom. The minimum Gasteiger partial charge on any atom is -0.454 e. The molecule has 2 aliphatic heterocycles. The van der Waals surface area contributed by atoms with Crippen LogP contribution in [-0.4, -0.2) is 42.2 Å². The van der Waals surface area contributed by atoms with E-state index in [1.165, 1.54) is 11.8 Å². The monoisotopic (exact) mass is 337 g/mol. The molecule has 0 saturated carbocycles. The summed E-state index contributed by atoms with van der Waals surface area (Å²) in [6.07, 6.45) is 2.60. The van der Waals surface area contributed by atoms with Crippen molar-refractivity contribution in [1.82, 2.24) is 4.90 Å². The Morgan fingerprint density at radius 3 is 3.05 bits per heavy atom. The maximum atomic E-state index is 12.4. The van der Waals surface area contributed by atoms with E-state index in [2.05, 4.69) is 0 Å². The average Bonchev–Trinajstić information content (AvgIpc) is 3.07. The number of ether oxygens (including phenoxy) is 3. The molecule has 0 spiro atoms. The normalized spacial score (nSPS) is 18.6. The molecule has 0 bridgehead atoms. The predicted molar refractivity (Wildman–Crippen MR) is 88.9 cm³/mol. The van der Waals surface area contributed by atoms with Crippen LogP contribution in [0.25, 0.3) is 6.08 Å². The fourth-order valence-corrected chi connectivity index (χ4v) is 3.52. The largest absolute Gasteiger partial charge is 0.454 e. The van der Waals surface area contributed by atoms with Gasteiger partial charge < -0.3 is 14.2 Å². The van der Waals surface area contributed by atoms with Crippen LogP contribution in [-0.2, 0) is 9.53 Å². The van der Waals surface area contributed by atoms with Gasteiger partial charge in [0.05, 0.1) is 4.91 Å². The standard InChI is InChI=1S/C15H15NO4S2/c1-18-6-2-5-16-14(17)13(22-15(16)21)8-10-3-4-11-12(7-10)20-9-19-11/h3-4,7-8H,2,5-6,9H2,1H3/b13-8-. The fraction of sp³-hybridized carbons (Fsp3) is 0.333. The molecule has 0 aliphatic carbocycles. The molecule has 1 aromatic rings. The molecule has 0 unspecified atom stereocenters. The first-order valence-electron chi connectivity index (χ1n) is 6.83. The van der Waals surface area contributed by atoms with Crippen molar-refractivity contribution in [3.63, 3.8) is 0 Å². The molecule has 2 aliphatic rings. The molecule has 5 nitrogen and oxygen atoms in total. The van der Waals surface area contributed by atoms with E-state index in [0.29, 0.717) is 28.1 Å². The van der Waals surface area contributed by atoms with E-state index in [4.69, 9.17) is 26.4 Å². The van der Waals surface area contributed by atoms with Crippen LogP contribution in [0.15, 0.2) is 23.1 Å². The van der Waals surface area contributed by atoms with Gasteiger partial charge in [0.1, 0.15) is 4.32 Å². The first-order valence-corrected chi connectivity index (χ1v) is 8.05. The zero-order chi connectivity index (χ0) is 15.5. The van der Waals surface area contributed by atoms with Gasteiger partial charge >= 0.3 is 0 Å². The number of benzene rings is 1. The Labute approximate surface area is 138 Å². The van der Waals surface area contributed by atoms with E-state index in [1.807, 2.05) is 24.3 Å². The van der Waals surface area contributed by atoms with Crippen LogP contribution < -0.4 is 9.47 Å². The lowest BCUT2D eigenvalue weighted by Crippen LogP contribution is -2.29. The molecule has 116 valence electrons. The minimum atomic E-state index is -0.0521. The molecule has 0 aromatic heterocycles. The first-order chi connectivity index (χ1) is 10.7. The van der Waals surface area contributed by atoms with Gasteiger partial charge in [0.15, 0.2) is 11.5 Å². The molecule has 3 rings (SSSR count). The number of thiocarbonyl (C=S) groups is 1. The molecule has 7 heteroatoms. The van der Waals surface area contributed by atoms with Gasteiger partial charge in [0, 0.05) is 20.3 Å². The van der Waals surface area contributed by atoms with Crippen LogP contribution in [0.2, 0.25) is 0 Å². The molecule has 0 radical (unpaired) electrons. The summed E-state index contributed by atoms with van der Waals surface area (Å²) >= 11 is 6.61. The molecular weight excluding hydrogens is 322 g/mol. The number of methoxy groups -OCH3 is 1. The number of hydrogen-bond donors (Lipinski definition) is 0. The second-order valence-electron chi connectivity index (χ2n) is 4.79. The Balaban J connectivity index is 1.74. The van der Waals surface area contributed by atoms with Crippen LogP contribution in [0.3, 0.4) is 0 Å². The summed E-state index contributed by atoms with van der Waals surface area (Å²) in [5, 5.41) is 0. The Bertz CT molecular complexity index is 644. The van der Waals surface area contributed by atoms with E-state index in [9.17, 15) is 4.79 Å². The lowest BCUT2D eigenvalue weighted by molar-refractivity contribution is -0.122. The molecular formula is C15H15NO4S2. The van der Waals surface area contributed by atoms with Gasteiger partial charge in [-0.1, -0.05) is 30.0 Å². The van der Waals surface area contributed by atoms with Crippen LogP contribution >= 0.6 is 24.0 Å². The predicted octanol–water partition coefficient (Wildman–Crippen LogP) is 2.65. The quantitative estimate of drug-likeness (QED) is 0.468. The first kappa shape index (κ1) is 15.3. The fourth-order valence-electron chi connectivity index (χ4n) is 2.21. The lowest BCUT2D eigenvalue weighted by Gasteiger charge is -2.13. The zero-order valence-electron chi connectivity index (χ0n) is 12.0. The molecule has 1 fully saturated rings. The van der Waals surface area contributed by atoms with Crippen molar-refractivity contribution in [2.45, 2.75) is 6.42 Å². The van der Waals surface area contributed by atoms with Crippen LogP contribution in [0, 0.1) is 0 Å².